The molecule has 0 bridgehead atoms. The summed E-state index contributed by atoms with van der Waals surface area (Å²) in [6, 6.07) is 0.236. The number of hydrogen-bond acceptors (Lipinski definition) is 5. The van der Waals surface area contributed by atoms with Crippen molar-refractivity contribution in [1.29, 1.82) is 0 Å². The minimum absolute atomic E-state index is 0.0396. The van der Waals surface area contributed by atoms with Crippen molar-refractivity contribution in [2.24, 2.45) is 17.6 Å². The van der Waals surface area contributed by atoms with Crippen LogP contribution in [0.3, 0.4) is 0 Å². The molecule has 7 nitrogen and oxygen atoms in total. The number of amides is 1. The fourth-order valence-electron chi connectivity index (χ4n) is 4.89. The van der Waals surface area contributed by atoms with Crippen LogP contribution in [0.25, 0.3) is 0 Å². The van der Waals surface area contributed by atoms with Gasteiger partial charge in [-0.2, -0.15) is 4.31 Å². The van der Waals surface area contributed by atoms with Crippen LogP contribution in [0.2, 0.25) is 0 Å². The molecule has 1 saturated carbocycles. The van der Waals surface area contributed by atoms with E-state index >= 15 is 0 Å². The largest absolute Gasteiger partial charge is 0.351 e. The van der Waals surface area contributed by atoms with E-state index in [9.17, 15) is 13.2 Å². The molecule has 0 aromatic carbocycles. The van der Waals surface area contributed by atoms with E-state index in [0.717, 1.165) is 19.3 Å². The lowest BCUT2D eigenvalue weighted by Crippen LogP contribution is -2.53. The Kier molecular flexibility index (Phi) is 6.59. The summed E-state index contributed by atoms with van der Waals surface area (Å²) in [6.45, 7) is 3.58. The zero-order chi connectivity index (χ0) is 18.7. The van der Waals surface area contributed by atoms with Gasteiger partial charge in [-0.1, -0.05) is 13.3 Å². The maximum atomic E-state index is 12.7. The number of hydrogen-bond donors (Lipinski definition) is 3. The van der Waals surface area contributed by atoms with Crippen LogP contribution in [0.5, 0.6) is 0 Å². The number of carbonyl (C=O) groups excluding carboxylic acids is 1. The number of nitrogens with two attached hydrogens (primary N) is 1. The molecule has 0 aromatic heterocycles. The molecule has 3 aliphatic rings. The van der Waals surface area contributed by atoms with Gasteiger partial charge in [0.1, 0.15) is 0 Å². The van der Waals surface area contributed by atoms with Gasteiger partial charge in [-0.3, -0.25) is 4.79 Å². The molecular formula is C18H34N4O3S. The first-order valence-corrected chi connectivity index (χ1v) is 11.8. The third kappa shape index (κ3) is 4.58. The molecular weight excluding hydrogens is 352 g/mol. The van der Waals surface area contributed by atoms with Gasteiger partial charge in [0.05, 0.1) is 11.8 Å². The molecule has 2 heterocycles. The summed E-state index contributed by atoms with van der Waals surface area (Å²) in [4.78, 5) is 12.7. The Hall–Kier alpha value is -0.700. The minimum atomic E-state index is -3.27. The van der Waals surface area contributed by atoms with Crippen LogP contribution in [0.15, 0.2) is 0 Å². The fraction of sp³-hybridized carbons (Fsp3) is 0.944. The van der Waals surface area contributed by atoms with E-state index in [-0.39, 0.29) is 23.7 Å². The van der Waals surface area contributed by atoms with E-state index in [2.05, 4.69) is 17.6 Å². The summed E-state index contributed by atoms with van der Waals surface area (Å²) < 4.78 is 26.3. The first kappa shape index (κ1) is 20.0. The Morgan fingerprint density at radius 2 is 2.08 bits per heavy atom. The average molecular weight is 387 g/mol. The van der Waals surface area contributed by atoms with Crippen LogP contribution in [0, 0.1) is 11.8 Å². The summed E-state index contributed by atoms with van der Waals surface area (Å²) >= 11 is 0. The smallest absolute Gasteiger partial charge is 0.237 e. The van der Waals surface area contributed by atoms with Crippen molar-refractivity contribution in [3.8, 4) is 0 Å². The molecule has 5 unspecified atom stereocenters. The van der Waals surface area contributed by atoms with Gasteiger partial charge >= 0.3 is 0 Å². The topological polar surface area (TPSA) is 105 Å². The second-order valence-electron chi connectivity index (χ2n) is 8.31. The lowest BCUT2D eigenvalue weighted by molar-refractivity contribution is -0.123. The molecule has 0 aromatic rings. The molecule has 8 heteroatoms. The number of sulfonamides is 1. The molecule has 5 atom stereocenters. The van der Waals surface area contributed by atoms with E-state index in [1.54, 1.807) is 0 Å². The van der Waals surface area contributed by atoms with Gasteiger partial charge in [-0.25, -0.2) is 8.42 Å². The van der Waals surface area contributed by atoms with Gasteiger partial charge in [-0.05, 0) is 56.9 Å². The second kappa shape index (κ2) is 8.54. The van der Waals surface area contributed by atoms with Crippen LogP contribution in [-0.2, 0) is 14.8 Å². The second-order valence-corrected chi connectivity index (χ2v) is 10.4. The maximum Gasteiger partial charge on any atom is 0.237 e. The van der Waals surface area contributed by atoms with Crippen LogP contribution in [-0.4, -0.2) is 62.1 Å². The maximum absolute atomic E-state index is 12.7. The van der Waals surface area contributed by atoms with Crippen molar-refractivity contribution in [3.05, 3.63) is 0 Å². The van der Waals surface area contributed by atoms with E-state index in [4.69, 9.17) is 5.73 Å². The van der Waals surface area contributed by atoms with Crippen molar-refractivity contribution in [1.82, 2.24) is 14.9 Å². The lowest BCUT2D eigenvalue weighted by atomic mass is 9.78. The Bertz CT molecular complexity index is 597. The molecule has 4 N–H and O–H groups in total. The Labute approximate surface area is 157 Å². The summed E-state index contributed by atoms with van der Waals surface area (Å²) in [5, 5.41) is 6.65. The molecule has 3 fully saturated rings. The minimum Gasteiger partial charge on any atom is -0.351 e. The quantitative estimate of drug-likeness (QED) is 0.613. The molecule has 2 aliphatic heterocycles. The van der Waals surface area contributed by atoms with Crippen LogP contribution in [0.4, 0.5) is 0 Å². The van der Waals surface area contributed by atoms with Crippen molar-refractivity contribution < 1.29 is 13.2 Å². The molecule has 0 spiro atoms. The highest BCUT2D eigenvalue weighted by molar-refractivity contribution is 7.89. The fourth-order valence-corrected chi connectivity index (χ4v) is 6.49. The van der Waals surface area contributed by atoms with Crippen LogP contribution in [0.1, 0.15) is 51.9 Å². The summed E-state index contributed by atoms with van der Waals surface area (Å²) in [5.41, 5.74) is 5.44. The summed E-state index contributed by atoms with van der Waals surface area (Å²) in [5.74, 6) is 1.37. The van der Waals surface area contributed by atoms with Gasteiger partial charge in [0.2, 0.25) is 15.9 Å². The SMILES string of the molecule is CC1CCCC2CC(C(=O)NC3CCCN(S(=O)(=O)CCCN)C3)NC12. The van der Waals surface area contributed by atoms with Crippen molar-refractivity contribution >= 4 is 15.9 Å². The highest BCUT2D eigenvalue weighted by Gasteiger charge is 2.42. The highest BCUT2D eigenvalue weighted by Crippen LogP contribution is 2.36. The van der Waals surface area contributed by atoms with Crippen LogP contribution < -0.4 is 16.4 Å². The predicted octanol–water partition coefficient (Wildman–Crippen LogP) is 0.412. The van der Waals surface area contributed by atoms with Gasteiger partial charge in [0.15, 0.2) is 0 Å². The number of piperidine rings is 1. The van der Waals surface area contributed by atoms with Crippen LogP contribution >= 0.6 is 0 Å². The molecule has 1 aliphatic carbocycles. The Balaban J connectivity index is 1.53. The third-order valence-electron chi connectivity index (χ3n) is 6.33. The molecule has 0 radical (unpaired) electrons. The van der Waals surface area contributed by atoms with Gasteiger partial charge in [-0.15, -0.1) is 0 Å². The standard InChI is InChI=1S/C18H34N4O3S/c1-13-5-2-6-14-11-16(21-17(13)14)18(23)20-15-7-3-9-22(12-15)26(24,25)10-4-8-19/h13-17,21H,2-12,19H2,1H3,(H,20,23). The lowest BCUT2D eigenvalue weighted by Gasteiger charge is -2.33. The van der Waals surface area contributed by atoms with Crippen molar-refractivity contribution in [3.63, 3.8) is 0 Å². The first-order valence-electron chi connectivity index (χ1n) is 10.1. The highest BCUT2D eigenvalue weighted by atomic mass is 32.2. The van der Waals surface area contributed by atoms with Gasteiger partial charge < -0.3 is 16.4 Å². The Morgan fingerprint density at radius 1 is 1.27 bits per heavy atom. The van der Waals surface area contributed by atoms with Gasteiger partial charge in [0.25, 0.3) is 0 Å². The van der Waals surface area contributed by atoms with Gasteiger partial charge in [0, 0.05) is 25.2 Å². The number of rotatable bonds is 6. The van der Waals surface area contributed by atoms with E-state index in [1.807, 2.05) is 0 Å². The normalized spacial score (nSPS) is 35.8. The zero-order valence-corrected chi connectivity index (χ0v) is 16.6. The number of fused-ring (bicyclic) bond motifs is 1. The van der Waals surface area contributed by atoms with Crippen molar-refractivity contribution in [2.45, 2.75) is 70.0 Å². The molecule has 26 heavy (non-hydrogen) atoms. The first-order chi connectivity index (χ1) is 12.4. The van der Waals surface area contributed by atoms with E-state index < -0.39 is 10.0 Å². The van der Waals surface area contributed by atoms with E-state index in [0.29, 0.717) is 43.9 Å². The number of nitrogens with one attached hydrogen (secondary N) is 2. The monoisotopic (exact) mass is 386 g/mol. The number of carbonyl (C=O) groups is 1. The summed E-state index contributed by atoms with van der Waals surface area (Å²) in [7, 11) is -3.27. The average Bonchev–Trinajstić information content (AvgIpc) is 3.06. The molecule has 2 saturated heterocycles. The molecule has 1 amide bonds. The van der Waals surface area contributed by atoms with E-state index in [1.165, 1.54) is 23.6 Å². The molecule has 3 rings (SSSR count). The predicted molar refractivity (Wildman–Crippen MR) is 102 cm³/mol. The Morgan fingerprint density at radius 3 is 2.81 bits per heavy atom. The van der Waals surface area contributed by atoms with Crippen molar-refractivity contribution in [2.75, 3.05) is 25.4 Å². The summed E-state index contributed by atoms with van der Waals surface area (Å²) in [6.07, 6.45) is 6.71. The zero-order valence-electron chi connectivity index (χ0n) is 15.8. The molecule has 150 valence electrons. The third-order valence-corrected chi connectivity index (χ3v) is 8.26. The number of nitrogens with zero attached hydrogens (tertiary/aromatic N) is 1.